The van der Waals surface area contributed by atoms with E-state index < -0.39 is 0 Å². The van der Waals surface area contributed by atoms with Gasteiger partial charge in [0, 0.05) is 23.7 Å². The molecule has 0 bridgehead atoms. The molecular formula is C17H24ClN3. The van der Waals surface area contributed by atoms with Gasteiger partial charge in [0.25, 0.3) is 0 Å². The summed E-state index contributed by atoms with van der Waals surface area (Å²) in [6.07, 6.45) is 5.88. The first-order valence-electron chi connectivity index (χ1n) is 7.66. The van der Waals surface area contributed by atoms with Crippen molar-refractivity contribution in [2.24, 2.45) is 5.73 Å². The highest BCUT2D eigenvalue weighted by Gasteiger charge is 2.11. The van der Waals surface area contributed by atoms with Gasteiger partial charge in [-0.2, -0.15) is 5.10 Å². The normalized spacial score (nSPS) is 12.8. The molecule has 2 N–H and O–H groups in total. The molecule has 0 radical (unpaired) electrons. The standard InChI is InChI=1S/C17H24ClN3/c1-3-17(4-2)21-9-8-16(20-21)12-15(19)11-13-6-5-7-14(18)10-13/h5-10,15,17H,3-4,11-12,19H2,1-2H3. The molecule has 114 valence electrons. The summed E-state index contributed by atoms with van der Waals surface area (Å²) < 4.78 is 2.07. The summed E-state index contributed by atoms with van der Waals surface area (Å²) >= 11 is 6.00. The molecule has 0 aliphatic rings. The summed E-state index contributed by atoms with van der Waals surface area (Å²) in [4.78, 5) is 0. The molecule has 0 saturated carbocycles. The molecule has 1 atom stereocenters. The highest BCUT2D eigenvalue weighted by molar-refractivity contribution is 6.30. The third kappa shape index (κ3) is 4.58. The minimum Gasteiger partial charge on any atom is -0.327 e. The molecule has 4 heteroatoms. The first-order chi connectivity index (χ1) is 10.1. The molecule has 21 heavy (non-hydrogen) atoms. The Morgan fingerprint density at radius 1 is 1.19 bits per heavy atom. The maximum atomic E-state index is 6.25. The molecule has 1 unspecified atom stereocenters. The van der Waals surface area contributed by atoms with Crippen LogP contribution >= 0.6 is 11.6 Å². The Hall–Kier alpha value is -1.32. The van der Waals surface area contributed by atoms with Crippen molar-refractivity contribution in [3.63, 3.8) is 0 Å². The summed E-state index contributed by atoms with van der Waals surface area (Å²) in [6, 6.07) is 10.5. The molecule has 0 aliphatic heterocycles. The Balaban J connectivity index is 1.95. The van der Waals surface area contributed by atoms with Crippen LogP contribution in [0.15, 0.2) is 36.5 Å². The van der Waals surface area contributed by atoms with Crippen molar-refractivity contribution < 1.29 is 0 Å². The number of nitrogens with zero attached hydrogens (tertiary/aromatic N) is 2. The summed E-state index contributed by atoms with van der Waals surface area (Å²) in [6.45, 7) is 4.39. The second-order valence-corrected chi connectivity index (χ2v) is 5.99. The molecule has 2 rings (SSSR count). The number of halogens is 1. The maximum absolute atomic E-state index is 6.25. The van der Waals surface area contributed by atoms with E-state index in [1.54, 1.807) is 0 Å². The molecular weight excluding hydrogens is 282 g/mol. The van der Waals surface area contributed by atoms with E-state index in [1.807, 2.05) is 18.2 Å². The van der Waals surface area contributed by atoms with Crippen molar-refractivity contribution in [1.82, 2.24) is 9.78 Å². The molecule has 2 aromatic rings. The summed E-state index contributed by atoms with van der Waals surface area (Å²) in [5, 5.41) is 5.42. The van der Waals surface area contributed by atoms with Crippen molar-refractivity contribution in [2.45, 2.75) is 51.6 Å². The number of hydrogen-bond acceptors (Lipinski definition) is 2. The monoisotopic (exact) mass is 305 g/mol. The zero-order valence-corrected chi connectivity index (χ0v) is 13.6. The fourth-order valence-corrected chi connectivity index (χ4v) is 2.87. The minimum atomic E-state index is 0.0634. The number of benzene rings is 1. The average molecular weight is 306 g/mol. The van der Waals surface area contributed by atoms with Gasteiger partial charge in [-0.1, -0.05) is 37.6 Å². The highest BCUT2D eigenvalue weighted by atomic mass is 35.5. The van der Waals surface area contributed by atoms with E-state index in [0.29, 0.717) is 6.04 Å². The second kappa shape index (κ2) is 7.62. The van der Waals surface area contributed by atoms with Crippen LogP contribution in [0, 0.1) is 0 Å². The van der Waals surface area contributed by atoms with Gasteiger partial charge in [-0.25, -0.2) is 0 Å². The quantitative estimate of drug-likeness (QED) is 0.840. The summed E-state index contributed by atoms with van der Waals surface area (Å²) in [7, 11) is 0. The Morgan fingerprint density at radius 3 is 2.62 bits per heavy atom. The number of rotatable bonds is 7. The van der Waals surface area contributed by atoms with Crippen LogP contribution in [-0.4, -0.2) is 15.8 Å². The fourth-order valence-electron chi connectivity index (χ4n) is 2.66. The second-order valence-electron chi connectivity index (χ2n) is 5.56. The minimum absolute atomic E-state index is 0.0634. The van der Waals surface area contributed by atoms with Crippen LogP contribution in [0.3, 0.4) is 0 Å². The van der Waals surface area contributed by atoms with E-state index in [4.69, 9.17) is 17.3 Å². The van der Waals surface area contributed by atoms with Gasteiger partial charge in [0.05, 0.1) is 11.7 Å². The van der Waals surface area contributed by atoms with Crippen molar-refractivity contribution >= 4 is 11.6 Å². The van der Waals surface area contributed by atoms with Crippen LogP contribution in [0.1, 0.15) is 44.0 Å². The lowest BCUT2D eigenvalue weighted by atomic mass is 10.0. The molecule has 1 aromatic heterocycles. The van der Waals surface area contributed by atoms with Gasteiger partial charge in [0.2, 0.25) is 0 Å². The van der Waals surface area contributed by atoms with Crippen molar-refractivity contribution in [1.29, 1.82) is 0 Å². The SMILES string of the molecule is CCC(CC)n1ccc(CC(N)Cc2cccc(Cl)c2)n1. The van der Waals surface area contributed by atoms with Gasteiger partial charge < -0.3 is 5.73 Å². The van der Waals surface area contributed by atoms with Crippen LogP contribution in [0.25, 0.3) is 0 Å². The van der Waals surface area contributed by atoms with Gasteiger partial charge in [-0.3, -0.25) is 4.68 Å². The van der Waals surface area contributed by atoms with E-state index in [1.165, 1.54) is 5.56 Å². The molecule has 3 nitrogen and oxygen atoms in total. The molecule has 1 heterocycles. The number of nitrogens with two attached hydrogens (primary N) is 1. The third-order valence-corrected chi connectivity index (χ3v) is 4.07. The van der Waals surface area contributed by atoms with Crippen LogP contribution in [-0.2, 0) is 12.8 Å². The summed E-state index contributed by atoms with van der Waals surface area (Å²) in [5.41, 5.74) is 8.49. The number of aromatic nitrogens is 2. The van der Waals surface area contributed by atoms with E-state index in [9.17, 15) is 0 Å². The van der Waals surface area contributed by atoms with Gasteiger partial charge in [-0.15, -0.1) is 0 Å². The lowest BCUT2D eigenvalue weighted by Crippen LogP contribution is -2.25. The topological polar surface area (TPSA) is 43.8 Å². The molecule has 1 aromatic carbocycles. The number of hydrogen-bond donors (Lipinski definition) is 1. The molecule has 0 aliphatic carbocycles. The zero-order chi connectivity index (χ0) is 15.2. The first kappa shape index (κ1) is 16.1. The average Bonchev–Trinajstić information content (AvgIpc) is 2.88. The van der Waals surface area contributed by atoms with Crippen LogP contribution in [0.5, 0.6) is 0 Å². The van der Waals surface area contributed by atoms with Gasteiger partial charge in [-0.05, 0) is 43.0 Å². The Bertz CT molecular complexity index is 561. The fraction of sp³-hybridized carbons (Fsp3) is 0.471. The Morgan fingerprint density at radius 2 is 1.95 bits per heavy atom. The van der Waals surface area contributed by atoms with Crippen LogP contribution < -0.4 is 5.73 Å². The smallest absolute Gasteiger partial charge is 0.0640 e. The van der Waals surface area contributed by atoms with E-state index in [0.717, 1.165) is 36.4 Å². The largest absolute Gasteiger partial charge is 0.327 e. The van der Waals surface area contributed by atoms with Gasteiger partial charge in [0.15, 0.2) is 0 Å². The molecule has 0 spiro atoms. The Labute approximate surface area is 132 Å². The molecule has 0 fully saturated rings. The van der Waals surface area contributed by atoms with Crippen molar-refractivity contribution in [3.8, 4) is 0 Å². The van der Waals surface area contributed by atoms with E-state index >= 15 is 0 Å². The predicted octanol–water partition coefficient (Wildman–Crippen LogP) is 4.01. The van der Waals surface area contributed by atoms with Crippen molar-refractivity contribution in [3.05, 3.63) is 52.8 Å². The van der Waals surface area contributed by atoms with E-state index in [2.05, 4.69) is 42.0 Å². The molecule has 0 amide bonds. The predicted molar refractivity (Wildman–Crippen MR) is 88.7 cm³/mol. The molecule has 0 saturated heterocycles. The highest BCUT2D eigenvalue weighted by Crippen LogP contribution is 2.16. The van der Waals surface area contributed by atoms with Crippen molar-refractivity contribution in [2.75, 3.05) is 0 Å². The van der Waals surface area contributed by atoms with Crippen LogP contribution in [0.2, 0.25) is 5.02 Å². The Kier molecular flexibility index (Phi) is 5.83. The zero-order valence-electron chi connectivity index (χ0n) is 12.8. The maximum Gasteiger partial charge on any atom is 0.0640 e. The lowest BCUT2D eigenvalue weighted by Gasteiger charge is -2.13. The van der Waals surface area contributed by atoms with Crippen LogP contribution in [0.4, 0.5) is 0 Å². The summed E-state index contributed by atoms with van der Waals surface area (Å²) in [5.74, 6) is 0. The lowest BCUT2D eigenvalue weighted by molar-refractivity contribution is 0.424. The van der Waals surface area contributed by atoms with Gasteiger partial charge in [0.1, 0.15) is 0 Å². The van der Waals surface area contributed by atoms with Gasteiger partial charge >= 0.3 is 0 Å². The van der Waals surface area contributed by atoms with E-state index in [-0.39, 0.29) is 6.04 Å². The first-order valence-corrected chi connectivity index (χ1v) is 8.04. The third-order valence-electron chi connectivity index (χ3n) is 3.84.